The molecule has 0 unspecified atom stereocenters. The van der Waals surface area contributed by atoms with Crippen molar-refractivity contribution in [3.05, 3.63) is 58.1 Å². The summed E-state index contributed by atoms with van der Waals surface area (Å²) in [5.74, 6) is 0.920. The van der Waals surface area contributed by atoms with Crippen molar-refractivity contribution in [1.29, 1.82) is 0 Å². The van der Waals surface area contributed by atoms with Gasteiger partial charge in [-0.3, -0.25) is 19.8 Å². The molecule has 35 heavy (non-hydrogen) atoms. The number of hydrogen-bond acceptors (Lipinski definition) is 7. The number of nitro benzene ring substituents is 1. The molecule has 0 atom stereocenters. The van der Waals surface area contributed by atoms with Crippen LogP contribution in [0.4, 0.5) is 11.4 Å². The van der Waals surface area contributed by atoms with Crippen molar-refractivity contribution in [2.24, 2.45) is 0 Å². The summed E-state index contributed by atoms with van der Waals surface area (Å²) in [6, 6.07) is 13.2. The number of hydrogen-bond donors (Lipinski definition) is 0. The molecule has 4 rings (SSSR count). The maximum absolute atomic E-state index is 12.8. The number of methoxy groups -OCH3 is 1. The second kappa shape index (κ2) is 11.4. The zero-order valence-corrected chi connectivity index (χ0v) is 20.5. The van der Waals surface area contributed by atoms with Crippen molar-refractivity contribution < 1.29 is 19.2 Å². The van der Waals surface area contributed by atoms with Crippen LogP contribution in [0, 0.1) is 17.0 Å². The molecule has 0 aromatic heterocycles. The van der Waals surface area contributed by atoms with Gasteiger partial charge in [-0.1, -0.05) is 17.7 Å². The lowest BCUT2D eigenvalue weighted by molar-refractivity contribution is -0.385. The molecule has 0 N–H and O–H groups in total. The van der Waals surface area contributed by atoms with Crippen molar-refractivity contribution in [2.75, 3.05) is 57.8 Å². The number of ether oxygens (including phenoxy) is 2. The topological polar surface area (TPSA) is 88.4 Å². The highest BCUT2D eigenvalue weighted by molar-refractivity contribution is 5.76. The Labute approximate surface area is 206 Å². The van der Waals surface area contributed by atoms with Crippen LogP contribution in [0.5, 0.6) is 11.5 Å². The van der Waals surface area contributed by atoms with Gasteiger partial charge in [0.2, 0.25) is 11.7 Å². The monoisotopic (exact) mass is 482 g/mol. The van der Waals surface area contributed by atoms with E-state index in [9.17, 15) is 14.9 Å². The first-order valence-electron chi connectivity index (χ1n) is 12.2. The molecule has 0 spiro atoms. The standard InChI is InChI=1S/C26H34N4O5/c1-20-3-5-21(6-4-20)28-17-15-27(16-18-28)12-11-26(31)29-13-9-22(10-14-29)35-23-7-8-24(30(32)33)25(19-23)34-2/h3-8,19,22H,9-18H2,1-2H3. The van der Waals surface area contributed by atoms with Crippen LogP contribution < -0.4 is 14.4 Å². The number of piperidine rings is 1. The number of nitrogens with zero attached hydrogens (tertiary/aromatic N) is 4. The average molecular weight is 483 g/mol. The first-order chi connectivity index (χ1) is 16.9. The van der Waals surface area contributed by atoms with Crippen LogP contribution in [-0.2, 0) is 4.79 Å². The first kappa shape index (κ1) is 24.8. The van der Waals surface area contributed by atoms with Gasteiger partial charge in [-0.15, -0.1) is 0 Å². The Bertz CT molecular complexity index is 1010. The second-order valence-corrected chi connectivity index (χ2v) is 9.20. The number of anilines is 1. The highest BCUT2D eigenvalue weighted by Gasteiger charge is 2.26. The third-order valence-corrected chi connectivity index (χ3v) is 6.86. The summed E-state index contributed by atoms with van der Waals surface area (Å²) in [6.07, 6.45) is 1.98. The van der Waals surface area contributed by atoms with Crippen molar-refractivity contribution in [3.8, 4) is 11.5 Å². The van der Waals surface area contributed by atoms with E-state index in [1.54, 1.807) is 12.1 Å². The average Bonchev–Trinajstić information content (AvgIpc) is 2.88. The molecule has 2 aliphatic rings. The van der Waals surface area contributed by atoms with E-state index in [1.807, 2.05) is 4.90 Å². The summed E-state index contributed by atoms with van der Waals surface area (Å²) in [5, 5.41) is 11.1. The molecule has 2 aliphatic heterocycles. The van der Waals surface area contributed by atoms with Gasteiger partial charge in [-0.25, -0.2) is 0 Å². The molecule has 9 nitrogen and oxygen atoms in total. The minimum Gasteiger partial charge on any atom is -0.490 e. The van der Waals surface area contributed by atoms with Crippen molar-refractivity contribution in [1.82, 2.24) is 9.80 Å². The van der Waals surface area contributed by atoms with Crippen LogP contribution in [-0.4, -0.2) is 79.7 Å². The maximum Gasteiger partial charge on any atom is 0.311 e. The van der Waals surface area contributed by atoms with Gasteiger partial charge in [-0.05, 0) is 25.1 Å². The number of amides is 1. The highest BCUT2D eigenvalue weighted by atomic mass is 16.6. The lowest BCUT2D eigenvalue weighted by atomic mass is 10.1. The molecule has 188 valence electrons. The van der Waals surface area contributed by atoms with Gasteiger partial charge < -0.3 is 19.3 Å². The molecule has 2 saturated heterocycles. The normalized spacial score (nSPS) is 17.3. The van der Waals surface area contributed by atoms with E-state index in [1.165, 1.54) is 24.4 Å². The largest absolute Gasteiger partial charge is 0.490 e. The first-order valence-corrected chi connectivity index (χ1v) is 12.2. The predicted molar refractivity (Wildman–Crippen MR) is 134 cm³/mol. The number of rotatable bonds is 8. The van der Waals surface area contributed by atoms with Gasteiger partial charge in [0.1, 0.15) is 11.9 Å². The van der Waals surface area contributed by atoms with Gasteiger partial charge in [0.15, 0.2) is 0 Å². The molecule has 0 bridgehead atoms. The zero-order chi connectivity index (χ0) is 24.8. The summed E-state index contributed by atoms with van der Waals surface area (Å²) < 4.78 is 11.1. The maximum atomic E-state index is 12.8. The van der Waals surface area contributed by atoms with Crippen LogP contribution in [0.15, 0.2) is 42.5 Å². The highest BCUT2D eigenvalue weighted by Crippen LogP contribution is 2.32. The third kappa shape index (κ3) is 6.42. The molecular formula is C26H34N4O5. The Hall–Kier alpha value is -3.33. The van der Waals surface area contributed by atoms with Gasteiger partial charge in [0.25, 0.3) is 0 Å². The molecule has 0 saturated carbocycles. The van der Waals surface area contributed by atoms with Crippen LogP contribution in [0.2, 0.25) is 0 Å². The lowest BCUT2D eigenvalue weighted by Crippen LogP contribution is -2.48. The molecule has 0 radical (unpaired) electrons. The Morgan fingerprint density at radius 2 is 1.71 bits per heavy atom. The number of likely N-dealkylation sites (tertiary alicyclic amines) is 1. The Kier molecular flexibility index (Phi) is 8.07. The summed E-state index contributed by atoms with van der Waals surface area (Å²) in [4.78, 5) is 30.1. The second-order valence-electron chi connectivity index (χ2n) is 9.20. The molecule has 2 fully saturated rings. The zero-order valence-electron chi connectivity index (χ0n) is 20.5. The van der Waals surface area contributed by atoms with E-state index in [-0.39, 0.29) is 23.4 Å². The Morgan fingerprint density at radius 1 is 1.03 bits per heavy atom. The summed E-state index contributed by atoms with van der Waals surface area (Å²) in [7, 11) is 1.40. The van der Waals surface area contributed by atoms with Gasteiger partial charge in [0, 0.05) is 82.9 Å². The molecule has 9 heteroatoms. The van der Waals surface area contributed by atoms with E-state index in [4.69, 9.17) is 9.47 Å². The van der Waals surface area contributed by atoms with E-state index >= 15 is 0 Å². The summed E-state index contributed by atoms with van der Waals surface area (Å²) in [6.45, 7) is 8.11. The predicted octanol–water partition coefficient (Wildman–Crippen LogP) is 3.49. The number of nitro groups is 1. The van der Waals surface area contributed by atoms with Crippen LogP contribution >= 0.6 is 0 Å². The number of benzene rings is 2. The molecule has 0 aliphatic carbocycles. The molecule has 2 heterocycles. The van der Waals surface area contributed by atoms with Crippen molar-refractivity contribution in [2.45, 2.75) is 32.3 Å². The number of piperazine rings is 1. The van der Waals surface area contributed by atoms with E-state index in [0.717, 1.165) is 45.6 Å². The van der Waals surface area contributed by atoms with Crippen LogP contribution in [0.25, 0.3) is 0 Å². The Morgan fingerprint density at radius 3 is 2.34 bits per heavy atom. The van der Waals surface area contributed by atoms with Crippen LogP contribution in [0.1, 0.15) is 24.8 Å². The van der Waals surface area contributed by atoms with Crippen molar-refractivity contribution >= 4 is 17.3 Å². The number of carbonyl (C=O) groups excluding carboxylic acids is 1. The third-order valence-electron chi connectivity index (χ3n) is 6.86. The fourth-order valence-corrected chi connectivity index (χ4v) is 4.69. The summed E-state index contributed by atoms with van der Waals surface area (Å²) >= 11 is 0. The quantitative estimate of drug-likeness (QED) is 0.420. The van der Waals surface area contributed by atoms with Gasteiger partial charge in [0.05, 0.1) is 12.0 Å². The van der Waals surface area contributed by atoms with E-state index in [0.29, 0.717) is 25.3 Å². The number of carbonyl (C=O) groups is 1. The Balaban J connectivity index is 1.17. The SMILES string of the molecule is COc1cc(OC2CCN(C(=O)CCN3CCN(c4ccc(C)cc4)CC3)CC2)ccc1[N+](=O)[O-]. The fraction of sp³-hybridized carbons (Fsp3) is 0.500. The molecule has 1 amide bonds. The van der Waals surface area contributed by atoms with Crippen molar-refractivity contribution in [3.63, 3.8) is 0 Å². The smallest absolute Gasteiger partial charge is 0.311 e. The minimum absolute atomic E-state index is 0.0277. The van der Waals surface area contributed by atoms with E-state index < -0.39 is 4.92 Å². The summed E-state index contributed by atoms with van der Waals surface area (Å²) in [5.41, 5.74) is 2.45. The lowest BCUT2D eigenvalue weighted by Gasteiger charge is -2.37. The number of aryl methyl sites for hydroxylation is 1. The van der Waals surface area contributed by atoms with E-state index in [2.05, 4.69) is 41.0 Å². The molecule has 2 aromatic carbocycles. The van der Waals surface area contributed by atoms with Crippen LogP contribution in [0.3, 0.4) is 0 Å². The molecular weight excluding hydrogens is 448 g/mol. The van der Waals surface area contributed by atoms with Gasteiger partial charge >= 0.3 is 5.69 Å². The molecule has 2 aromatic rings. The fourth-order valence-electron chi connectivity index (χ4n) is 4.69. The minimum atomic E-state index is -0.476. The van der Waals surface area contributed by atoms with Gasteiger partial charge in [-0.2, -0.15) is 0 Å².